The summed E-state index contributed by atoms with van der Waals surface area (Å²) in [7, 11) is 4.28. The van der Waals surface area contributed by atoms with E-state index >= 15 is 0 Å². The van der Waals surface area contributed by atoms with E-state index < -0.39 is 11.9 Å². The lowest BCUT2D eigenvalue weighted by molar-refractivity contribution is -0.142. The molecule has 3 rings (SSSR count). The maximum atomic E-state index is 12.3. The van der Waals surface area contributed by atoms with Crippen LogP contribution in [-0.4, -0.2) is 46.0 Å². The van der Waals surface area contributed by atoms with Gasteiger partial charge in [0.15, 0.2) is 35.2 Å². The molecule has 3 aromatic rings. The standard InChI is InChI=1S/C21H20N2O7/c1-26-16-6-4-5-14-10-18(30-20(14)16)21(25)23-22-11-13-7-8-15(17(9-13)27-2)29-12-19(24)28-3/h4-11H,12H2,1-3H3,(H,23,25)/b22-11-. The fourth-order valence-electron chi connectivity index (χ4n) is 2.61. The molecule has 0 bridgehead atoms. The maximum Gasteiger partial charge on any atom is 0.343 e. The van der Waals surface area contributed by atoms with Crippen LogP contribution in [0.1, 0.15) is 16.1 Å². The molecule has 1 amide bonds. The number of furan rings is 1. The highest BCUT2D eigenvalue weighted by Crippen LogP contribution is 2.29. The zero-order chi connectivity index (χ0) is 21.5. The number of ether oxygens (including phenoxy) is 4. The Morgan fingerprint density at radius 2 is 1.83 bits per heavy atom. The highest BCUT2D eigenvalue weighted by atomic mass is 16.6. The molecular weight excluding hydrogens is 392 g/mol. The largest absolute Gasteiger partial charge is 0.493 e. The monoisotopic (exact) mass is 412 g/mol. The van der Waals surface area contributed by atoms with Crippen molar-refractivity contribution in [1.29, 1.82) is 0 Å². The number of hydrazone groups is 1. The van der Waals surface area contributed by atoms with Crippen molar-refractivity contribution in [1.82, 2.24) is 5.43 Å². The molecule has 0 aliphatic carbocycles. The summed E-state index contributed by atoms with van der Waals surface area (Å²) < 4.78 is 25.9. The van der Waals surface area contributed by atoms with E-state index in [2.05, 4.69) is 15.3 Å². The van der Waals surface area contributed by atoms with Crippen LogP contribution in [0.4, 0.5) is 0 Å². The molecule has 0 unspecified atom stereocenters. The maximum absolute atomic E-state index is 12.3. The molecule has 156 valence electrons. The van der Waals surface area contributed by atoms with E-state index in [1.54, 1.807) is 30.3 Å². The van der Waals surface area contributed by atoms with Gasteiger partial charge in [0.05, 0.1) is 27.5 Å². The number of benzene rings is 2. The number of carbonyl (C=O) groups excluding carboxylic acids is 2. The third kappa shape index (κ3) is 4.69. The number of nitrogens with zero attached hydrogens (tertiary/aromatic N) is 1. The second kappa shape index (κ2) is 9.46. The van der Waals surface area contributed by atoms with Gasteiger partial charge in [-0.2, -0.15) is 5.10 Å². The first-order chi connectivity index (χ1) is 14.5. The first kappa shape index (κ1) is 20.7. The van der Waals surface area contributed by atoms with E-state index in [4.69, 9.17) is 18.6 Å². The van der Waals surface area contributed by atoms with Crippen molar-refractivity contribution in [2.24, 2.45) is 5.10 Å². The quantitative estimate of drug-likeness (QED) is 0.344. The molecule has 1 aromatic heterocycles. The SMILES string of the molecule is COC(=O)COc1ccc(/C=N\NC(=O)c2cc3cccc(OC)c3o2)cc1OC. The van der Waals surface area contributed by atoms with Gasteiger partial charge in [-0.1, -0.05) is 12.1 Å². The van der Waals surface area contributed by atoms with Gasteiger partial charge in [0.2, 0.25) is 0 Å². The Morgan fingerprint density at radius 3 is 2.57 bits per heavy atom. The fourth-order valence-corrected chi connectivity index (χ4v) is 2.61. The number of methoxy groups -OCH3 is 3. The Morgan fingerprint density at radius 1 is 1.03 bits per heavy atom. The van der Waals surface area contributed by atoms with Crippen LogP contribution < -0.4 is 19.6 Å². The topological polar surface area (TPSA) is 109 Å². The molecule has 0 saturated carbocycles. The smallest absolute Gasteiger partial charge is 0.343 e. The molecule has 0 radical (unpaired) electrons. The van der Waals surface area contributed by atoms with Gasteiger partial charge in [0, 0.05) is 5.39 Å². The van der Waals surface area contributed by atoms with Crippen molar-refractivity contribution >= 4 is 29.1 Å². The molecule has 9 nitrogen and oxygen atoms in total. The van der Waals surface area contributed by atoms with Crippen LogP contribution in [0.2, 0.25) is 0 Å². The van der Waals surface area contributed by atoms with Gasteiger partial charge in [-0.15, -0.1) is 0 Å². The molecule has 0 aliphatic rings. The summed E-state index contributed by atoms with van der Waals surface area (Å²) in [5, 5.41) is 4.68. The lowest BCUT2D eigenvalue weighted by atomic mass is 10.2. The summed E-state index contributed by atoms with van der Waals surface area (Å²) in [6.45, 7) is -0.237. The van der Waals surface area contributed by atoms with Gasteiger partial charge >= 0.3 is 11.9 Å². The van der Waals surface area contributed by atoms with Gasteiger partial charge in [-0.3, -0.25) is 4.79 Å². The van der Waals surface area contributed by atoms with E-state index in [1.807, 2.05) is 12.1 Å². The van der Waals surface area contributed by atoms with E-state index in [1.165, 1.54) is 27.5 Å². The Bertz CT molecular complexity index is 1090. The highest BCUT2D eigenvalue weighted by molar-refractivity contribution is 5.97. The molecule has 2 aromatic carbocycles. The summed E-state index contributed by atoms with van der Waals surface area (Å²) >= 11 is 0. The third-order valence-corrected chi connectivity index (χ3v) is 4.09. The zero-order valence-corrected chi connectivity index (χ0v) is 16.6. The van der Waals surface area contributed by atoms with E-state index in [0.29, 0.717) is 28.4 Å². The molecule has 30 heavy (non-hydrogen) atoms. The van der Waals surface area contributed by atoms with Crippen LogP contribution in [-0.2, 0) is 9.53 Å². The molecule has 9 heteroatoms. The van der Waals surface area contributed by atoms with Gasteiger partial charge in [0.1, 0.15) is 0 Å². The average Bonchev–Trinajstić information content (AvgIpc) is 3.22. The van der Waals surface area contributed by atoms with Crippen LogP contribution in [0.5, 0.6) is 17.2 Å². The summed E-state index contributed by atoms with van der Waals surface area (Å²) in [4.78, 5) is 23.5. The number of hydrogen-bond acceptors (Lipinski definition) is 8. The third-order valence-electron chi connectivity index (χ3n) is 4.09. The lowest BCUT2D eigenvalue weighted by Crippen LogP contribution is -2.16. The molecule has 0 atom stereocenters. The van der Waals surface area contributed by atoms with E-state index in [-0.39, 0.29) is 12.4 Å². The van der Waals surface area contributed by atoms with Crippen molar-refractivity contribution in [3.8, 4) is 17.2 Å². The Hall–Kier alpha value is -4.01. The van der Waals surface area contributed by atoms with Crippen molar-refractivity contribution in [3.05, 3.63) is 53.8 Å². The Balaban J connectivity index is 1.67. The van der Waals surface area contributed by atoms with Crippen molar-refractivity contribution in [3.63, 3.8) is 0 Å². The molecule has 0 aliphatic heterocycles. The normalized spacial score (nSPS) is 10.8. The number of carbonyl (C=O) groups is 2. The molecule has 0 spiro atoms. The van der Waals surface area contributed by atoms with Gasteiger partial charge < -0.3 is 23.4 Å². The highest BCUT2D eigenvalue weighted by Gasteiger charge is 2.14. The lowest BCUT2D eigenvalue weighted by Gasteiger charge is -2.10. The number of rotatable bonds is 8. The van der Waals surface area contributed by atoms with Gasteiger partial charge in [0.25, 0.3) is 0 Å². The summed E-state index contributed by atoms with van der Waals surface area (Å²) in [5.41, 5.74) is 3.54. The predicted octanol–water partition coefficient (Wildman–Crippen LogP) is 2.77. The minimum atomic E-state index is -0.506. The number of hydrogen-bond donors (Lipinski definition) is 1. The number of para-hydroxylation sites is 1. The second-order valence-corrected chi connectivity index (χ2v) is 5.96. The molecule has 0 fully saturated rings. The van der Waals surface area contributed by atoms with E-state index in [0.717, 1.165) is 5.39 Å². The van der Waals surface area contributed by atoms with Gasteiger partial charge in [-0.25, -0.2) is 10.2 Å². The van der Waals surface area contributed by atoms with E-state index in [9.17, 15) is 9.59 Å². The Labute approximate surface area is 172 Å². The van der Waals surface area contributed by atoms with Crippen LogP contribution in [0, 0.1) is 0 Å². The second-order valence-electron chi connectivity index (χ2n) is 5.96. The molecular formula is C21H20N2O7. The van der Waals surface area contributed by atoms with Crippen LogP contribution >= 0.6 is 0 Å². The van der Waals surface area contributed by atoms with Crippen molar-refractivity contribution in [2.45, 2.75) is 0 Å². The molecule has 1 N–H and O–H groups in total. The fraction of sp³-hybridized carbons (Fsp3) is 0.190. The van der Waals surface area contributed by atoms with Crippen LogP contribution in [0.3, 0.4) is 0 Å². The minimum absolute atomic E-state index is 0.107. The zero-order valence-electron chi connectivity index (χ0n) is 16.6. The Kier molecular flexibility index (Phi) is 6.53. The van der Waals surface area contributed by atoms with Crippen molar-refractivity contribution < 1.29 is 33.0 Å². The van der Waals surface area contributed by atoms with Crippen LogP contribution in [0.15, 0.2) is 52.0 Å². The van der Waals surface area contributed by atoms with Crippen molar-refractivity contribution in [2.75, 3.05) is 27.9 Å². The first-order valence-corrected chi connectivity index (χ1v) is 8.83. The minimum Gasteiger partial charge on any atom is -0.493 e. The first-order valence-electron chi connectivity index (χ1n) is 8.83. The summed E-state index contributed by atoms with van der Waals surface area (Å²) in [6, 6.07) is 11.9. The van der Waals surface area contributed by atoms with Gasteiger partial charge in [-0.05, 0) is 35.9 Å². The number of esters is 1. The average molecular weight is 412 g/mol. The summed E-state index contributed by atoms with van der Waals surface area (Å²) in [5.74, 6) is 0.412. The number of amides is 1. The number of fused-ring (bicyclic) bond motifs is 1. The molecule has 0 saturated heterocycles. The van der Waals surface area contributed by atoms with Crippen LogP contribution in [0.25, 0.3) is 11.0 Å². The number of nitrogens with one attached hydrogen (secondary N) is 1. The predicted molar refractivity (Wildman–Crippen MR) is 108 cm³/mol. The molecule has 1 heterocycles. The summed E-state index contributed by atoms with van der Waals surface area (Å²) in [6.07, 6.45) is 1.44.